The molecule has 0 aromatic heterocycles. The molecule has 0 aliphatic heterocycles. The minimum Gasteiger partial charge on any atom is -0.412 e. The van der Waals surface area contributed by atoms with E-state index in [-0.39, 0.29) is 63.7 Å². The molecule has 0 bridgehead atoms. The van der Waals surface area contributed by atoms with Gasteiger partial charge in [0.1, 0.15) is 0 Å². The van der Waals surface area contributed by atoms with Gasteiger partial charge in [0.2, 0.25) is 0 Å². The summed E-state index contributed by atoms with van der Waals surface area (Å²) in [6, 6.07) is 0. The van der Waals surface area contributed by atoms with E-state index in [1.807, 2.05) is 0 Å². The minimum atomic E-state index is 0. The van der Waals surface area contributed by atoms with Crippen LogP contribution < -0.4 is 6.15 Å². The Morgan fingerprint density at radius 3 is 1.00 bits per heavy atom. The molecule has 0 aliphatic rings. The van der Waals surface area contributed by atoms with Crippen molar-refractivity contribution in [1.82, 2.24) is 6.15 Å². The fourth-order valence-corrected chi connectivity index (χ4v) is 0. The van der Waals surface area contributed by atoms with Crippen molar-refractivity contribution in [3.8, 4) is 0 Å². The molecule has 0 saturated carbocycles. The fourth-order valence-electron chi connectivity index (χ4n) is 0. The maximum absolute atomic E-state index is 0. The van der Waals surface area contributed by atoms with E-state index >= 15 is 0 Å². The number of hydrogen-bond donors (Lipinski definition) is 1. The fraction of sp³-hybridized carbons (Fsp3) is 0. The second kappa shape index (κ2) is 22.5. The zero-order valence-electron chi connectivity index (χ0n) is 2.21. The van der Waals surface area contributed by atoms with E-state index in [2.05, 4.69) is 0 Å². The van der Waals surface area contributed by atoms with Gasteiger partial charge in [-0.2, -0.15) is 0 Å². The van der Waals surface area contributed by atoms with Gasteiger partial charge < -0.3 is 11.6 Å². The third-order valence-electron chi connectivity index (χ3n) is 0. The maximum Gasteiger partial charge on any atom is 0 e. The van der Waals surface area contributed by atoms with Crippen molar-refractivity contribution in [2.45, 2.75) is 0 Å². The van der Waals surface area contributed by atoms with Crippen molar-refractivity contribution >= 4 is 0 Å². The van der Waals surface area contributed by atoms with E-state index in [4.69, 9.17) is 0 Å². The molecule has 0 radical (unpaired) electrons. The quantitative estimate of drug-likeness (QED) is 0.593. The average Bonchev–Trinajstić information content (AvgIpc) is 0. The maximum atomic E-state index is 0. The topological polar surface area (TPSA) is 66.5 Å². The second-order valence-electron chi connectivity index (χ2n) is 0. The van der Waals surface area contributed by atoms with Gasteiger partial charge in [0, 0.05) is 52.0 Å². The Morgan fingerprint density at radius 1 is 1.00 bits per heavy atom. The molecular formula is H5HfNOZr. The molecule has 0 unspecified atom stereocenters. The molecular weight excluding hydrogens is 300 g/mol. The normalized spacial score (nSPS) is 0. The Bertz CT molecular complexity index is 8.00. The molecule has 0 aromatic rings. The van der Waals surface area contributed by atoms with Gasteiger partial charge in [-0.3, -0.25) is 0 Å². The number of rotatable bonds is 0. The SMILES string of the molecule is N.O.[Hf].[Zr]. The Labute approximate surface area is 63.1 Å². The Morgan fingerprint density at radius 2 is 1.00 bits per heavy atom. The van der Waals surface area contributed by atoms with Gasteiger partial charge in [-0.1, -0.05) is 0 Å². The van der Waals surface area contributed by atoms with E-state index < -0.39 is 0 Å². The molecule has 0 aromatic carbocycles. The largest absolute Gasteiger partial charge is 0.412 e. The molecule has 0 atom stereocenters. The standard InChI is InChI=1S/Hf.H3N.H2O.Zr/h;1H3;1H2;. The molecule has 0 spiro atoms. The molecule has 5 N–H and O–H groups in total. The molecule has 0 fully saturated rings. The van der Waals surface area contributed by atoms with Crippen LogP contribution in [0.2, 0.25) is 0 Å². The predicted molar refractivity (Wildman–Crippen MR) is 8.64 cm³/mol. The van der Waals surface area contributed by atoms with Crippen molar-refractivity contribution in [3.05, 3.63) is 0 Å². The van der Waals surface area contributed by atoms with Crippen LogP contribution in [0.15, 0.2) is 0 Å². The van der Waals surface area contributed by atoms with E-state index in [9.17, 15) is 0 Å². The summed E-state index contributed by atoms with van der Waals surface area (Å²) in [4.78, 5) is 0. The van der Waals surface area contributed by atoms with Crippen LogP contribution in [0, 0.1) is 0 Å². The summed E-state index contributed by atoms with van der Waals surface area (Å²) in [5.41, 5.74) is 0. The van der Waals surface area contributed by atoms with Crippen molar-refractivity contribution in [3.63, 3.8) is 0 Å². The van der Waals surface area contributed by atoms with E-state index in [1.165, 1.54) is 0 Å². The van der Waals surface area contributed by atoms with Crippen LogP contribution in [0.4, 0.5) is 0 Å². The van der Waals surface area contributed by atoms with Crippen LogP contribution in [0.25, 0.3) is 0 Å². The molecule has 0 saturated heterocycles. The molecule has 0 amide bonds. The summed E-state index contributed by atoms with van der Waals surface area (Å²) < 4.78 is 0. The van der Waals surface area contributed by atoms with Crippen molar-refractivity contribution in [1.29, 1.82) is 0 Å². The van der Waals surface area contributed by atoms with Crippen molar-refractivity contribution in [2.75, 3.05) is 0 Å². The van der Waals surface area contributed by atoms with Gasteiger partial charge in [0.05, 0.1) is 0 Å². The van der Waals surface area contributed by atoms with Crippen LogP contribution in [0.1, 0.15) is 0 Å². The Hall–Kier alpha value is 1.67. The number of hydrogen-bond acceptors (Lipinski definition) is 1. The van der Waals surface area contributed by atoms with Crippen LogP contribution >= 0.6 is 0 Å². The second-order valence-corrected chi connectivity index (χ2v) is 0. The summed E-state index contributed by atoms with van der Waals surface area (Å²) in [5, 5.41) is 0. The van der Waals surface area contributed by atoms with Gasteiger partial charge in [0.15, 0.2) is 0 Å². The third-order valence-corrected chi connectivity index (χ3v) is 0. The first-order valence-corrected chi connectivity index (χ1v) is 0. The Balaban J connectivity index is 0. The van der Waals surface area contributed by atoms with Gasteiger partial charge in [-0.15, -0.1) is 0 Å². The summed E-state index contributed by atoms with van der Waals surface area (Å²) in [7, 11) is 0. The first kappa shape index (κ1) is 44.3. The molecule has 4 heavy (non-hydrogen) atoms. The molecule has 2 nitrogen and oxygen atoms in total. The minimum absolute atomic E-state index is 0. The smallest absolute Gasteiger partial charge is 0 e. The van der Waals surface area contributed by atoms with Gasteiger partial charge >= 0.3 is 0 Å². The van der Waals surface area contributed by atoms with Crippen molar-refractivity contribution < 1.29 is 57.5 Å². The first-order chi connectivity index (χ1) is 0. The van der Waals surface area contributed by atoms with Crippen LogP contribution in [0.3, 0.4) is 0 Å². The predicted octanol–water partition coefficient (Wildman–Crippen LogP) is -0.668. The van der Waals surface area contributed by atoms with Gasteiger partial charge in [-0.05, 0) is 0 Å². The molecule has 4 heteroatoms. The van der Waals surface area contributed by atoms with Crippen LogP contribution in [0.5, 0.6) is 0 Å². The summed E-state index contributed by atoms with van der Waals surface area (Å²) in [6.07, 6.45) is 0. The van der Waals surface area contributed by atoms with E-state index in [1.54, 1.807) is 0 Å². The zero-order chi connectivity index (χ0) is 0. The average molecular weight is 305 g/mol. The van der Waals surface area contributed by atoms with Crippen LogP contribution in [-0.2, 0) is 52.0 Å². The van der Waals surface area contributed by atoms with Gasteiger partial charge in [0.25, 0.3) is 0 Å². The molecule has 24 valence electrons. The van der Waals surface area contributed by atoms with E-state index in [0.717, 1.165) is 0 Å². The Kier molecular flexibility index (Phi) is 249. The zero-order valence-corrected chi connectivity index (χ0v) is 8.26. The van der Waals surface area contributed by atoms with Crippen molar-refractivity contribution in [2.24, 2.45) is 0 Å². The molecule has 0 heterocycles. The van der Waals surface area contributed by atoms with E-state index in [0.29, 0.717) is 0 Å². The summed E-state index contributed by atoms with van der Waals surface area (Å²) in [6.45, 7) is 0. The van der Waals surface area contributed by atoms with Gasteiger partial charge in [-0.25, -0.2) is 0 Å². The monoisotopic (exact) mass is 305 g/mol. The molecule has 0 aliphatic carbocycles. The first-order valence-electron chi connectivity index (χ1n) is 0. The molecule has 0 rings (SSSR count). The summed E-state index contributed by atoms with van der Waals surface area (Å²) >= 11 is 0. The summed E-state index contributed by atoms with van der Waals surface area (Å²) in [5.74, 6) is 0. The third kappa shape index (κ3) is 9.38. The van der Waals surface area contributed by atoms with Crippen LogP contribution in [-0.4, -0.2) is 5.48 Å².